The lowest BCUT2D eigenvalue weighted by atomic mass is 9.84. The normalized spacial score (nSPS) is 32.4. The minimum Gasteiger partial charge on any atom is -0.442 e. The number of amides is 1. The van der Waals surface area contributed by atoms with E-state index in [2.05, 4.69) is 0 Å². The van der Waals surface area contributed by atoms with Gasteiger partial charge in [0.15, 0.2) is 0 Å². The summed E-state index contributed by atoms with van der Waals surface area (Å²) in [7, 11) is 0. The topological polar surface area (TPSA) is 65.1 Å². The first kappa shape index (κ1) is 21.0. The molecule has 0 aromatic heterocycles. The zero-order chi connectivity index (χ0) is 20.3. The lowest BCUT2D eigenvalue weighted by Gasteiger charge is -2.40. The van der Waals surface area contributed by atoms with Crippen LogP contribution in [0.3, 0.4) is 0 Å². The molecule has 2 heterocycles. The first-order valence-electron chi connectivity index (χ1n) is 11.9. The Labute approximate surface area is 174 Å². The standard InChI is InChI=1S/C23H37NO5/c1-2-23(15-9-17-27-23)28-20(25)19-12-5-8-16-24(19)21(26)29-22(13-6-7-14-22)18-10-3-4-11-18/h18-19H,2-17H2,1H3. The van der Waals surface area contributed by atoms with Crippen molar-refractivity contribution in [3.8, 4) is 0 Å². The second-order valence-electron chi connectivity index (χ2n) is 9.46. The van der Waals surface area contributed by atoms with E-state index in [0.717, 1.165) is 64.2 Å². The Balaban J connectivity index is 1.45. The number of piperidine rings is 1. The van der Waals surface area contributed by atoms with Gasteiger partial charge in [-0.3, -0.25) is 4.90 Å². The molecule has 0 spiro atoms. The van der Waals surface area contributed by atoms with E-state index in [1.165, 1.54) is 12.8 Å². The number of esters is 1. The van der Waals surface area contributed by atoms with Crippen molar-refractivity contribution in [1.29, 1.82) is 0 Å². The summed E-state index contributed by atoms with van der Waals surface area (Å²) in [5.74, 6) is -0.646. The van der Waals surface area contributed by atoms with Gasteiger partial charge in [0.2, 0.25) is 5.79 Å². The number of hydrogen-bond acceptors (Lipinski definition) is 5. The largest absolute Gasteiger partial charge is 0.442 e. The Hall–Kier alpha value is -1.30. The van der Waals surface area contributed by atoms with Crippen LogP contribution in [0.1, 0.15) is 96.8 Å². The second-order valence-corrected chi connectivity index (χ2v) is 9.46. The van der Waals surface area contributed by atoms with Crippen LogP contribution < -0.4 is 0 Å². The average molecular weight is 408 g/mol. The molecule has 0 aromatic rings. The van der Waals surface area contributed by atoms with Gasteiger partial charge in [0.25, 0.3) is 0 Å². The Morgan fingerprint density at radius 3 is 2.31 bits per heavy atom. The van der Waals surface area contributed by atoms with E-state index in [1.54, 1.807) is 4.90 Å². The van der Waals surface area contributed by atoms with Gasteiger partial charge < -0.3 is 14.2 Å². The number of nitrogens with zero attached hydrogens (tertiary/aromatic N) is 1. The fourth-order valence-corrected chi connectivity index (χ4v) is 6.00. The van der Waals surface area contributed by atoms with E-state index in [0.29, 0.717) is 31.9 Å². The van der Waals surface area contributed by atoms with Gasteiger partial charge in [-0.1, -0.05) is 19.8 Å². The zero-order valence-corrected chi connectivity index (χ0v) is 18.0. The maximum Gasteiger partial charge on any atom is 0.411 e. The van der Waals surface area contributed by atoms with Gasteiger partial charge >= 0.3 is 12.1 Å². The molecule has 4 fully saturated rings. The fraction of sp³-hybridized carbons (Fsp3) is 0.913. The van der Waals surface area contributed by atoms with Crippen molar-refractivity contribution < 1.29 is 23.8 Å². The van der Waals surface area contributed by atoms with Crippen molar-refractivity contribution in [2.75, 3.05) is 13.2 Å². The summed E-state index contributed by atoms with van der Waals surface area (Å²) in [4.78, 5) is 28.0. The second kappa shape index (κ2) is 8.83. The summed E-state index contributed by atoms with van der Waals surface area (Å²) in [5.41, 5.74) is -0.307. The van der Waals surface area contributed by atoms with E-state index < -0.39 is 11.8 Å². The number of carbonyl (C=O) groups excluding carboxylic acids is 2. The minimum absolute atomic E-state index is 0.307. The fourth-order valence-electron chi connectivity index (χ4n) is 6.00. The molecule has 0 bridgehead atoms. The maximum atomic E-state index is 13.3. The summed E-state index contributed by atoms with van der Waals surface area (Å²) in [6.07, 6.45) is 13.5. The Morgan fingerprint density at radius 1 is 0.931 bits per heavy atom. The molecule has 2 unspecified atom stereocenters. The number of rotatable bonds is 5. The predicted octanol–water partition coefficient (Wildman–Crippen LogP) is 4.94. The minimum atomic E-state index is -0.805. The molecule has 6 nitrogen and oxygen atoms in total. The third-order valence-electron chi connectivity index (χ3n) is 7.74. The number of ether oxygens (including phenoxy) is 3. The zero-order valence-electron chi connectivity index (χ0n) is 18.0. The summed E-state index contributed by atoms with van der Waals surface area (Å²) < 4.78 is 17.9. The molecular formula is C23H37NO5. The van der Waals surface area contributed by atoms with Crippen molar-refractivity contribution in [2.45, 2.75) is 114 Å². The molecule has 2 aliphatic carbocycles. The highest BCUT2D eigenvalue weighted by atomic mass is 16.7. The highest BCUT2D eigenvalue weighted by molar-refractivity contribution is 5.82. The van der Waals surface area contributed by atoms with Gasteiger partial charge in [0.05, 0.1) is 6.61 Å². The molecule has 1 amide bonds. The molecule has 2 aliphatic heterocycles. The smallest absolute Gasteiger partial charge is 0.411 e. The quantitative estimate of drug-likeness (QED) is 0.604. The molecule has 2 saturated heterocycles. The predicted molar refractivity (Wildman–Crippen MR) is 108 cm³/mol. The molecule has 2 atom stereocenters. The van der Waals surface area contributed by atoms with Crippen molar-refractivity contribution >= 4 is 12.1 Å². The summed E-state index contributed by atoms with van der Waals surface area (Å²) in [6, 6.07) is -0.550. The van der Waals surface area contributed by atoms with Crippen molar-refractivity contribution in [3.05, 3.63) is 0 Å². The maximum absolute atomic E-state index is 13.3. The first-order chi connectivity index (χ1) is 14.1. The van der Waals surface area contributed by atoms with Gasteiger partial charge in [0.1, 0.15) is 11.6 Å². The number of carbonyl (C=O) groups is 2. The van der Waals surface area contributed by atoms with Crippen LogP contribution in [0.4, 0.5) is 4.79 Å². The molecule has 4 aliphatic rings. The highest BCUT2D eigenvalue weighted by Gasteiger charge is 2.48. The molecule has 0 N–H and O–H groups in total. The number of likely N-dealkylation sites (tertiary alicyclic amines) is 1. The van der Waals surface area contributed by atoms with Crippen molar-refractivity contribution in [2.24, 2.45) is 5.92 Å². The third-order valence-corrected chi connectivity index (χ3v) is 7.74. The van der Waals surface area contributed by atoms with Gasteiger partial charge in [-0.05, 0) is 70.1 Å². The molecule has 0 aromatic carbocycles. The molecule has 6 heteroatoms. The molecule has 0 radical (unpaired) electrons. The first-order valence-corrected chi connectivity index (χ1v) is 11.9. The van der Waals surface area contributed by atoms with Gasteiger partial charge in [0, 0.05) is 19.4 Å². The Bertz CT molecular complexity index is 588. The lowest BCUT2D eigenvalue weighted by Crippen LogP contribution is -2.53. The van der Waals surface area contributed by atoms with Crippen LogP contribution in [0.2, 0.25) is 0 Å². The molecule has 164 valence electrons. The van der Waals surface area contributed by atoms with E-state index in [9.17, 15) is 9.59 Å². The third kappa shape index (κ3) is 4.28. The van der Waals surface area contributed by atoms with Crippen LogP contribution in [-0.2, 0) is 19.0 Å². The Morgan fingerprint density at radius 2 is 1.66 bits per heavy atom. The monoisotopic (exact) mass is 407 g/mol. The SMILES string of the molecule is CCC1(OC(=O)C2CCCCN2C(=O)OC2(C3CCCC3)CCCC2)CCCO1. The van der Waals surface area contributed by atoms with Crippen molar-refractivity contribution in [3.63, 3.8) is 0 Å². The van der Waals surface area contributed by atoms with Crippen LogP contribution in [0.25, 0.3) is 0 Å². The molecule has 29 heavy (non-hydrogen) atoms. The van der Waals surface area contributed by atoms with Crippen LogP contribution in [0.15, 0.2) is 0 Å². The summed E-state index contributed by atoms with van der Waals surface area (Å²) in [5, 5.41) is 0. The number of hydrogen-bond donors (Lipinski definition) is 0. The summed E-state index contributed by atoms with van der Waals surface area (Å²) >= 11 is 0. The highest BCUT2D eigenvalue weighted by Crippen LogP contribution is 2.47. The average Bonchev–Trinajstić information content (AvgIpc) is 3.50. The lowest BCUT2D eigenvalue weighted by molar-refractivity contribution is -0.219. The molecular weight excluding hydrogens is 370 g/mol. The van der Waals surface area contributed by atoms with Crippen LogP contribution in [0.5, 0.6) is 0 Å². The molecule has 4 rings (SSSR count). The van der Waals surface area contributed by atoms with Crippen LogP contribution in [0, 0.1) is 5.92 Å². The van der Waals surface area contributed by atoms with E-state index in [4.69, 9.17) is 14.2 Å². The van der Waals surface area contributed by atoms with Crippen molar-refractivity contribution in [1.82, 2.24) is 4.90 Å². The van der Waals surface area contributed by atoms with Gasteiger partial charge in [-0.2, -0.15) is 0 Å². The van der Waals surface area contributed by atoms with Gasteiger partial charge in [-0.15, -0.1) is 0 Å². The molecule has 2 saturated carbocycles. The van der Waals surface area contributed by atoms with Gasteiger partial charge in [-0.25, -0.2) is 9.59 Å². The van der Waals surface area contributed by atoms with E-state index in [-0.39, 0.29) is 17.7 Å². The summed E-state index contributed by atoms with van der Waals surface area (Å²) in [6.45, 7) is 3.18. The van der Waals surface area contributed by atoms with Crippen LogP contribution >= 0.6 is 0 Å². The Kier molecular flexibility index (Phi) is 6.38. The van der Waals surface area contributed by atoms with E-state index in [1.807, 2.05) is 6.92 Å². The van der Waals surface area contributed by atoms with Crippen LogP contribution in [-0.4, -0.2) is 47.5 Å². The van der Waals surface area contributed by atoms with E-state index >= 15 is 0 Å².